The lowest BCUT2D eigenvalue weighted by atomic mass is 9.64. The number of hydrogen-bond donors (Lipinski definition) is 2. The van der Waals surface area contributed by atoms with E-state index >= 15 is 0 Å². The van der Waals surface area contributed by atoms with Crippen molar-refractivity contribution < 1.29 is 14.9 Å². The minimum atomic E-state index is -0.700. The average Bonchev–Trinajstić information content (AvgIpc) is 2.03. The van der Waals surface area contributed by atoms with Gasteiger partial charge in [-0.25, -0.2) is 0 Å². The molecule has 70 valence electrons. The van der Waals surface area contributed by atoms with E-state index in [1.807, 2.05) is 14.8 Å². The molecular weight excluding hydrogens is 155 g/mol. The molecule has 0 saturated heterocycles. The molecule has 1 aliphatic carbocycles. The van der Waals surface area contributed by atoms with Crippen LogP contribution in [-0.4, -0.2) is 42.9 Å². The Bertz CT molecular complexity index is 164. The lowest BCUT2D eigenvalue weighted by Gasteiger charge is -2.48. The Morgan fingerprint density at radius 1 is 1.75 bits per heavy atom. The number of methoxy groups -OCH3 is 1. The monoisotopic (exact) mass is 172 g/mol. The van der Waals surface area contributed by atoms with Crippen LogP contribution in [0.15, 0.2) is 0 Å². The zero-order chi connectivity index (χ0) is 9.35. The van der Waals surface area contributed by atoms with Crippen LogP contribution in [0.5, 0.6) is 0 Å². The Morgan fingerprint density at radius 3 is 2.67 bits per heavy atom. The predicted molar refractivity (Wildman–Crippen MR) is 48.7 cm³/mol. The lowest BCUT2D eigenvalue weighted by Crippen LogP contribution is -2.57. The highest BCUT2D eigenvalue weighted by Gasteiger charge is 2.49. The van der Waals surface area contributed by atoms with Gasteiger partial charge in [0.25, 0.3) is 0 Å². The number of hydrogen-bond acceptors (Lipinski definition) is 3. The van der Waals surface area contributed by atoms with Gasteiger partial charge in [-0.15, -0.1) is 0 Å². The summed E-state index contributed by atoms with van der Waals surface area (Å²) in [6.07, 6.45) is 0.767. The fourth-order valence-corrected chi connectivity index (χ4v) is 1.77. The van der Waals surface area contributed by atoms with Crippen molar-refractivity contribution in [2.75, 3.05) is 7.11 Å². The molecule has 2 N–H and O–H groups in total. The second-order valence-corrected chi connectivity index (χ2v) is 3.91. The van der Waals surface area contributed by atoms with Crippen molar-refractivity contribution >= 4 is 7.85 Å². The van der Waals surface area contributed by atoms with Gasteiger partial charge in [-0.2, -0.15) is 0 Å². The highest BCUT2D eigenvalue weighted by atomic mass is 16.5. The molecule has 1 rings (SSSR count). The molecule has 0 aromatic heterocycles. The number of aliphatic hydroxyl groups is 2. The summed E-state index contributed by atoms with van der Waals surface area (Å²) in [5.41, 5.74) is -0.700. The van der Waals surface area contributed by atoms with Gasteiger partial charge in [0.15, 0.2) is 0 Å². The van der Waals surface area contributed by atoms with Gasteiger partial charge in [-0.3, -0.25) is 0 Å². The third kappa shape index (κ3) is 1.65. The molecular formula is C8H17BO3. The maximum atomic E-state index is 9.91. The molecule has 12 heavy (non-hydrogen) atoms. The molecule has 0 bridgehead atoms. The normalized spacial score (nSPS) is 43.7. The second-order valence-electron chi connectivity index (χ2n) is 3.91. The molecule has 1 unspecified atom stereocenters. The van der Waals surface area contributed by atoms with Crippen LogP contribution >= 0.6 is 0 Å². The molecule has 0 radical (unpaired) electrons. The van der Waals surface area contributed by atoms with Gasteiger partial charge in [0.2, 0.25) is 0 Å². The highest BCUT2D eigenvalue weighted by molar-refractivity contribution is 6.11. The van der Waals surface area contributed by atoms with Crippen molar-refractivity contribution in [2.45, 2.75) is 37.5 Å². The summed E-state index contributed by atoms with van der Waals surface area (Å²) in [5, 5.41) is 19.1. The summed E-state index contributed by atoms with van der Waals surface area (Å²) in [6, 6.07) is 0.0601. The summed E-state index contributed by atoms with van der Waals surface area (Å²) < 4.78 is 5.06. The van der Waals surface area contributed by atoms with Crippen molar-refractivity contribution in [1.82, 2.24) is 0 Å². The average molecular weight is 172 g/mol. The molecule has 1 fully saturated rings. The Labute approximate surface area is 74.1 Å². The Balaban J connectivity index is 2.41. The van der Waals surface area contributed by atoms with E-state index in [4.69, 9.17) is 4.74 Å². The number of rotatable bonds is 3. The van der Waals surface area contributed by atoms with E-state index in [9.17, 15) is 10.2 Å². The van der Waals surface area contributed by atoms with Crippen molar-refractivity contribution in [1.29, 1.82) is 0 Å². The minimum absolute atomic E-state index is 0.0184. The van der Waals surface area contributed by atoms with Gasteiger partial charge in [-0.05, 0) is 6.42 Å². The summed E-state index contributed by atoms with van der Waals surface area (Å²) >= 11 is 0. The van der Waals surface area contributed by atoms with Gasteiger partial charge in [0.05, 0.1) is 11.7 Å². The highest BCUT2D eigenvalue weighted by Crippen LogP contribution is 2.41. The van der Waals surface area contributed by atoms with E-state index in [0.717, 1.165) is 0 Å². The SMILES string of the molecule is B[C@@H](C[C@]1(O)C[C@@H](O)C1C)OC. The number of ether oxygens (including phenoxy) is 1. The first-order valence-electron chi connectivity index (χ1n) is 4.43. The maximum Gasteiger partial charge on any atom is 0.139 e. The molecule has 4 atom stereocenters. The topological polar surface area (TPSA) is 49.7 Å². The summed E-state index contributed by atoms with van der Waals surface area (Å²) in [7, 11) is 3.56. The molecule has 0 spiro atoms. The smallest absolute Gasteiger partial charge is 0.139 e. The van der Waals surface area contributed by atoms with Crippen molar-refractivity contribution in [3.8, 4) is 0 Å². The molecule has 1 aliphatic rings. The van der Waals surface area contributed by atoms with E-state index < -0.39 is 5.60 Å². The third-order valence-corrected chi connectivity index (χ3v) is 3.03. The van der Waals surface area contributed by atoms with Crippen LogP contribution in [0, 0.1) is 5.92 Å². The Kier molecular flexibility index (Phi) is 2.81. The molecule has 4 heteroatoms. The second kappa shape index (κ2) is 3.36. The van der Waals surface area contributed by atoms with Crippen LogP contribution in [0.4, 0.5) is 0 Å². The van der Waals surface area contributed by atoms with Crippen molar-refractivity contribution in [3.05, 3.63) is 0 Å². The third-order valence-electron chi connectivity index (χ3n) is 3.03. The first-order chi connectivity index (χ1) is 5.49. The van der Waals surface area contributed by atoms with Crippen molar-refractivity contribution in [2.24, 2.45) is 5.92 Å². The van der Waals surface area contributed by atoms with Gasteiger partial charge in [0, 0.05) is 25.5 Å². The summed E-state index contributed by atoms with van der Waals surface area (Å²) in [5.74, 6) is -0.0184. The molecule has 0 heterocycles. The fraction of sp³-hybridized carbons (Fsp3) is 1.00. The standard InChI is InChI=1S/C8H17BO3/c1-5-6(10)3-8(5,11)4-7(9)12-2/h5-7,10-11H,3-4,9H2,1-2H3/t5?,6-,7-,8-/m1/s1. The predicted octanol–water partition coefficient (Wildman–Crippen LogP) is -0.886. The molecule has 0 aromatic rings. The van der Waals surface area contributed by atoms with Crippen molar-refractivity contribution in [3.63, 3.8) is 0 Å². The van der Waals surface area contributed by atoms with Crippen LogP contribution in [0.25, 0.3) is 0 Å². The van der Waals surface area contributed by atoms with E-state index in [1.54, 1.807) is 7.11 Å². The molecule has 0 aliphatic heterocycles. The first kappa shape index (κ1) is 10.0. The Hall–Kier alpha value is -0.0551. The van der Waals surface area contributed by atoms with E-state index in [2.05, 4.69) is 0 Å². The largest absolute Gasteiger partial charge is 0.393 e. The molecule has 0 amide bonds. The van der Waals surface area contributed by atoms with Gasteiger partial charge >= 0.3 is 0 Å². The maximum absolute atomic E-state index is 9.91. The van der Waals surface area contributed by atoms with Crippen LogP contribution in [-0.2, 0) is 4.74 Å². The molecule has 3 nitrogen and oxygen atoms in total. The van der Waals surface area contributed by atoms with Gasteiger partial charge in [-0.1, -0.05) is 6.92 Å². The van der Waals surface area contributed by atoms with Crippen LogP contribution in [0.1, 0.15) is 19.8 Å². The first-order valence-corrected chi connectivity index (χ1v) is 4.43. The number of aliphatic hydroxyl groups excluding tert-OH is 1. The van der Waals surface area contributed by atoms with Crippen LogP contribution < -0.4 is 0 Å². The van der Waals surface area contributed by atoms with E-state index in [0.29, 0.717) is 12.8 Å². The van der Waals surface area contributed by atoms with E-state index in [1.165, 1.54) is 0 Å². The summed E-state index contributed by atoms with van der Waals surface area (Å²) in [4.78, 5) is 0. The fourth-order valence-electron chi connectivity index (χ4n) is 1.77. The van der Waals surface area contributed by atoms with Crippen LogP contribution in [0.3, 0.4) is 0 Å². The Morgan fingerprint density at radius 2 is 2.33 bits per heavy atom. The van der Waals surface area contributed by atoms with E-state index in [-0.39, 0.29) is 18.0 Å². The van der Waals surface area contributed by atoms with Gasteiger partial charge in [0.1, 0.15) is 7.85 Å². The zero-order valence-corrected chi connectivity index (χ0v) is 7.95. The van der Waals surface area contributed by atoms with Gasteiger partial charge < -0.3 is 14.9 Å². The quantitative estimate of drug-likeness (QED) is 0.543. The summed E-state index contributed by atoms with van der Waals surface area (Å²) in [6.45, 7) is 1.87. The molecule has 0 aromatic carbocycles. The lowest BCUT2D eigenvalue weighted by molar-refractivity contribution is -0.178. The zero-order valence-electron chi connectivity index (χ0n) is 7.95. The molecule has 1 saturated carbocycles. The minimum Gasteiger partial charge on any atom is -0.393 e. The van der Waals surface area contributed by atoms with Crippen LogP contribution in [0.2, 0.25) is 0 Å².